The molecule has 2 aromatic carbocycles. The molecule has 5 nitrogen and oxygen atoms in total. The summed E-state index contributed by atoms with van der Waals surface area (Å²) in [5.74, 6) is 3.01. The fourth-order valence-corrected chi connectivity index (χ4v) is 4.91. The molecule has 1 saturated carbocycles. The van der Waals surface area contributed by atoms with Crippen LogP contribution in [0, 0.1) is 17.8 Å². The standard InChI is InChI=1S/C31H44N4O/c1-6-33(19-24(4)5)20-26-10-9-11-27(18-26)31(36)34(17-16-23(2)3)22-30-32-28-12-7-8-13-29(28)35(30)21-25-14-15-25/h7-13,18,23-25H,6,14-17,19-22H2,1-5H3. The molecule has 1 fully saturated rings. The second-order valence-corrected chi connectivity index (χ2v) is 11.4. The van der Waals surface area contributed by atoms with E-state index in [1.807, 2.05) is 23.1 Å². The van der Waals surface area contributed by atoms with E-state index in [0.29, 0.717) is 18.4 Å². The average Bonchev–Trinajstić information content (AvgIpc) is 3.61. The van der Waals surface area contributed by atoms with E-state index in [9.17, 15) is 4.79 Å². The van der Waals surface area contributed by atoms with E-state index in [4.69, 9.17) is 4.98 Å². The first-order valence-corrected chi connectivity index (χ1v) is 13.9. The molecule has 0 N–H and O–H groups in total. The van der Waals surface area contributed by atoms with Crippen LogP contribution in [0.3, 0.4) is 0 Å². The summed E-state index contributed by atoms with van der Waals surface area (Å²) in [7, 11) is 0. The summed E-state index contributed by atoms with van der Waals surface area (Å²) in [6.07, 6.45) is 3.56. The van der Waals surface area contributed by atoms with Crippen LogP contribution in [-0.4, -0.2) is 44.9 Å². The van der Waals surface area contributed by atoms with Crippen LogP contribution in [0.2, 0.25) is 0 Å². The summed E-state index contributed by atoms with van der Waals surface area (Å²) in [6.45, 7) is 16.4. The third kappa shape index (κ3) is 6.97. The minimum atomic E-state index is 0.106. The molecule has 1 amide bonds. The molecule has 1 aliphatic carbocycles. The Morgan fingerprint density at radius 3 is 2.50 bits per heavy atom. The zero-order valence-electron chi connectivity index (χ0n) is 22.9. The Hall–Kier alpha value is -2.66. The van der Waals surface area contributed by atoms with Crippen molar-refractivity contribution in [3.05, 3.63) is 65.5 Å². The first-order valence-electron chi connectivity index (χ1n) is 13.9. The molecule has 0 spiro atoms. The largest absolute Gasteiger partial charge is 0.331 e. The molecule has 0 saturated heterocycles. The molecule has 1 aliphatic rings. The van der Waals surface area contributed by atoms with Gasteiger partial charge in [-0.05, 0) is 73.4 Å². The molecule has 3 aromatic rings. The number of aromatic nitrogens is 2. The molecule has 0 atom stereocenters. The molecule has 4 rings (SSSR count). The van der Waals surface area contributed by atoms with Gasteiger partial charge in [-0.25, -0.2) is 4.98 Å². The minimum Gasteiger partial charge on any atom is -0.331 e. The highest BCUT2D eigenvalue weighted by atomic mass is 16.2. The van der Waals surface area contributed by atoms with Gasteiger partial charge in [0.15, 0.2) is 0 Å². The SMILES string of the molecule is CCN(Cc1cccc(C(=O)N(CCC(C)C)Cc2nc3ccccc3n2CC2CC2)c1)CC(C)C. The lowest BCUT2D eigenvalue weighted by Gasteiger charge is -2.25. The van der Waals surface area contributed by atoms with Gasteiger partial charge in [-0.2, -0.15) is 0 Å². The van der Waals surface area contributed by atoms with Gasteiger partial charge in [-0.3, -0.25) is 9.69 Å². The number of rotatable bonds is 13. The van der Waals surface area contributed by atoms with Gasteiger partial charge in [0.25, 0.3) is 5.91 Å². The molecule has 194 valence electrons. The van der Waals surface area contributed by atoms with Crippen LogP contribution in [0.25, 0.3) is 11.0 Å². The molecular formula is C31H44N4O. The number of hydrogen-bond donors (Lipinski definition) is 0. The summed E-state index contributed by atoms with van der Waals surface area (Å²) in [5.41, 5.74) is 4.19. The predicted molar refractivity (Wildman–Crippen MR) is 149 cm³/mol. The second-order valence-electron chi connectivity index (χ2n) is 11.4. The minimum absolute atomic E-state index is 0.106. The molecular weight excluding hydrogens is 444 g/mol. The predicted octanol–water partition coefficient (Wildman–Crippen LogP) is 6.61. The number of hydrogen-bond acceptors (Lipinski definition) is 3. The van der Waals surface area contributed by atoms with Gasteiger partial charge < -0.3 is 9.47 Å². The van der Waals surface area contributed by atoms with Crippen LogP contribution in [-0.2, 0) is 19.6 Å². The van der Waals surface area contributed by atoms with E-state index < -0.39 is 0 Å². The fraction of sp³-hybridized carbons (Fsp3) is 0.548. The van der Waals surface area contributed by atoms with Gasteiger partial charge >= 0.3 is 0 Å². The lowest BCUT2D eigenvalue weighted by atomic mass is 10.1. The topological polar surface area (TPSA) is 41.4 Å². The highest BCUT2D eigenvalue weighted by molar-refractivity contribution is 5.94. The highest BCUT2D eigenvalue weighted by Crippen LogP contribution is 2.33. The zero-order chi connectivity index (χ0) is 25.7. The number of carbonyl (C=O) groups is 1. The number of para-hydroxylation sites is 2. The first kappa shape index (κ1) is 26.4. The van der Waals surface area contributed by atoms with Crippen molar-refractivity contribution < 1.29 is 4.79 Å². The van der Waals surface area contributed by atoms with Crippen LogP contribution in [0.5, 0.6) is 0 Å². The molecule has 0 aliphatic heterocycles. The van der Waals surface area contributed by atoms with Gasteiger partial charge in [0.05, 0.1) is 17.6 Å². The molecule has 0 radical (unpaired) electrons. The lowest BCUT2D eigenvalue weighted by molar-refractivity contribution is 0.0729. The monoisotopic (exact) mass is 488 g/mol. The number of carbonyl (C=O) groups excluding carboxylic acids is 1. The maximum atomic E-state index is 13.9. The van der Waals surface area contributed by atoms with Gasteiger partial charge in [0.1, 0.15) is 5.82 Å². The molecule has 36 heavy (non-hydrogen) atoms. The Bertz CT molecular complexity index is 1140. The Balaban J connectivity index is 1.58. The summed E-state index contributed by atoms with van der Waals surface area (Å²) < 4.78 is 2.37. The second kappa shape index (κ2) is 12.1. The van der Waals surface area contributed by atoms with Crippen LogP contribution < -0.4 is 0 Å². The molecule has 1 heterocycles. The van der Waals surface area contributed by atoms with Crippen molar-refractivity contribution in [2.24, 2.45) is 17.8 Å². The van der Waals surface area contributed by atoms with E-state index in [2.05, 4.69) is 74.4 Å². The number of amides is 1. The van der Waals surface area contributed by atoms with E-state index in [-0.39, 0.29) is 5.91 Å². The zero-order valence-corrected chi connectivity index (χ0v) is 22.9. The third-order valence-corrected chi connectivity index (χ3v) is 7.12. The van der Waals surface area contributed by atoms with Crippen molar-refractivity contribution in [2.45, 2.75) is 73.5 Å². The lowest BCUT2D eigenvalue weighted by Crippen LogP contribution is -2.33. The summed E-state index contributed by atoms with van der Waals surface area (Å²) in [4.78, 5) is 23.4. The summed E-state index contributed by atoms with van der Waals surface area (Å²) in [5, 5.41) is 0. The summed E-state index contributed by atoms with van der Waals surface area (Å²) >= 11 is 0. The molecule has 5 heteroatoms. The Labute approximate surface area is 217 Å². The number of nitrogens with zero attached hydrogens (tertiary/aromatic N) is 4. The molecule has 0 unspecified atom stereocenters. The van der Waals surface area contributed by atoms with Crippen molar-refractivity contribution in [3.63, 3.8) is 0 Å². The van der Waals surface area contributed by atoms with Crippen LogP contribution in [0.15, 0.2) is 48.5 Å². The van der Waals surface area contributed by atoms with E-state index in [1.54, 1.807) is 0 Å². The maximum absolute atomic E-state index is 13.9. The molecule has 1 aromatic heterocycles. The van der Waals surface area contributed by atoms with Gasteiger partial charge in [0.2, 0.25) is 0 Å². The first-order chi connectivity index (χ1) is 17.3. The Morgan fingerprint density at radius 2 is 1.81 bits per heavy atom. The van der Waals surface area contributed by atoms with Crippen molar-refractivity contribution in [3.8, 4) is 0 Å². The van der Waals surface area contributed by atoms with Gasteiger partial charge in [-0.15, -0.1) is 0 Å². The van der Waals surface area contributed by atoms with E-state index in [0.717, 1.165) is 62.0 Å². The van der Waals surface area contributed by atoms with Crippen molar-refractivity contribution >= 4 is 16.9 Å². The number of imidazole rings is 1. The van der Waals surface area contributed by atoms with Gasteiger partial charge in [-0.1, -0.05) is 58.9 Å². The normalized spacial score (nSPS) is 13.9. The van der Waals surface area contributed by atoms with Crippen molar-refractivity contribution in [1.82, 2.24) is 19.4 Å². The molecule has 0 bridgehead atoms. The van der Waals surface area contributed by atoms with Crippen LogP contribution >= 0.6 is 0 Å². The average molecular weight is 489 g/mol. The smallest absolute Gasteiger partial charge is 0.254 e. The van der Waals surface area contributed by atoms with Gasteiger partial charge in [0, 0.05) is 31.7 Å². The van der Waals surface area contributed by atoms with E-state index >= 15 is 0 Å². The Kier molecular flexibility index (Phi) is 8.84. The maximum Gasteiger partial charge on any atom is 0.254 e. The van der Waals surface area contributed by atoms with Crippen molar-refractivity contribution in [2.75, 3.05) is 19.6 Å². The fourth-order valence-electron chi connectivity index (χ4n) is 4.91. The number of fused-ring (bicyclic) bond motifs is 1. The quantitative estimate of drug-likeness (QED) is 0.272. The number of benzene rings is 2. The van der Waals surface area contributed by atoms with E-state index in [1.165, 1.54) is 23.9 Å². The van der Waals surface area contributed by atoms with Crippen LogP contribution in [0.1, 0.15) is 75.6 Å². The highest BCUT2D eigenvalue weighted by Gasteiger charge is 2.26. The third-order valence-electron chi connectivity index (χ3n) is 7.12. The summed E-state index contributed by atoms with van der Waals surface area (Å²) in [6, 6.07) is 16.6. The van der Waals surface area contributed by atoms with Crippen LogP contribution in [0.4, 0.5) is 0 Å². The Morgan fingerprint density at radius 1 is 1.03 bits per heavy atom. The van der Waals surface area contributed by atoms with Crippen molar-refractivity contribution in [1.29, 1.82) is 0 Å².